The molecule has 2 nitrogen and oxygen atoms in total. The lowest BCUT2D eigenvalue weighted by atomic mass is 10.1. The molecule has 2 aromatic rings. The van der Waals surface area contributed by atoms with Gasteiger partial charge in [0.05, 0.1) is 0 Å². The first-order valence-corrected chi connectivity index (χ1v) is 6.94. The van der Waals surface area contributed by atoms with Gasteiger partial charge < -0.3 is 5.32 Å². The van der Waals surface area contributed by atoms with Gasteiger partial charge in [0.25, 0.3) is 0 Å². The number of halogens is 1. The summed E-state index contributed by atoms with van der Waals surface area (Å²) < 4.78 is 1.12. The number of pyridine rings is 1. The minimum absolute atomic E-state index is 0.353. The summed E-state index contributed by atoms with van der Waals surface area (Å²) in [7, 11) is 0. The number of nitrogens with zero attached hydrogens (tertiary/aromatic N) is 1. The van der Waals surface area contributed by atoms with Crippen LogP contribution in [0.4, 0.5) is 0 Å². The van der Waals surface area contributed by atoms with Crippen LogP contribution in [-0.4, -0.2) is 11.5 Å². The molecule has 0 fully saturated rings. The van der Waals surface area contributed by atoms with Gasteiger partial charge in [0, 0.05) is 35.4 Å². The van der Waals surface area contributed by atoms with Gasteiger partial charge in [-0.2, -0.15) is 0 Å². The highest BCUT2D eigenvalue weighted by molar-refractivity contribution is 9.10. The van der Waals surface area contributed by atoms with Crippen LogP contribution in [0.25, 0.3) is 0 Å². The Morgan fingerprint density at radius 2 is 2.11 bits per heavy atom. The molecular weight excluding hydrogens is 288 g/mol. The third-order valence-electron chi connectivity index (χ3n) is 2.91. The van der Waals surface area contributed by atoms with E-state index in [9.17, 15) is 0 Å². The maximum absolute atomic E-state index is 4.31. The Labute approximate surface area is 117 Å². The van der Waals surface area contributed by atoms with Crippen molar-refractivity contribution in [1.29, 1.82) is 0 Å². The van der Waals surface area contributed by atoms with Gasteiger partial charge in [0.2, 0.25) is 0 Å². The van der Waals surface area contributed by atoms with E-state index >= 15 is 0 Å². The Kier molecular flexibility index (Phi) is 4.90. The van der Waals surface area contributed by atoms with Gasteiger partial charge in [-0.15, -0.1) is 0 Å². The molecule has 1 N–H and O–H groups in total. The van der Waals surface area contributed by atoms with Crippen molar-refractivity contribution in [2.45, 2.75) is 19.4 Å². The molecule has 94 valence electrons. The fourth-order valence-electron chi connectivity index (χ4n) is 1.86. The van der Waals surface area contributed by atoms with Crippen molar-refractivity contribution >= 4 is 15.9 Å². The van der Waals surface area contributed by atoms with Crippen molar-refractivity contribution in [3.05, 3.63) is 64.4 Å². The first kappa shape index (κ1) is 13.2. The van der Waals surface area contributed by atoms with Crippen LogP contribution in [0.1, 0.15) is 24.2 Å². The average molecular weight is 305 g/mol. The van der Waals surface area contributed by atoms with Crippen LogP contribution in [0.15, 0.2) is 53.1 Å². The summed E-state index contributed by atoms with van der Waals surface area (Å²) >= 11 is 3.50. The van der Waals surface area contributed by atoms with E-state index in [-0.39, 0.29) is 0 Å². The Morgan fingerprint density at radius 3 is 2.83 bits per heavy atom. The third-order valence-corrected chi connectivity index (χ3v) is 3.40. The van der Waals surface area contributed by atoms with Crippen molar-refractivity contribution in [2.24, 2.45) is 0 Å². The van der Waals surface area contributed by atoms with Crippen molar-refractivity contribution in [1.82, 2.24) is 10.3 Å². The second-order valence-electron chi connectivity index (χ2n) is 4.30. The van der Waals surface area contributed by atoms with E-state index in [0.717, 1.165) is 23.1 Å². The Hall–Kier alpha value is -1.19. The minimum atomic E-state index is 0.353. The van der Waals surface area contributed by atoms with Crippen molar-refractivity contribution in [2.75, 3.05) is 6.54 Å². The molecule has 0 saturated heterocycles. The number of nitrogens with one attached hydrogen (secondary N) is 1. The number of aromatic nitrogens is 1. The van der Waals surface area contributed by atoms with Gasteiger partial charge in [-0.1, -0.05) is 34.1 Å². The molecule has 0 aliphatic rings. The molecule has 3 heteroatoms. The molecule has 1 aromatic carbocycles. The van der Waals surface area contributed by atoms with Crippen molar-refractivity contribution in [3.8, 4) is 0 Å². The molecule has 0 radical (unpaired) electrons. The molecule has 1 unspecified atom stereocenters. The number of hydrogen-bond donors (Lipinski definition) is 1. The smallest absolute Gasteiger partial charge is 0.0416 e. The monoisotopic (exact) mass is 304 g/mol. The van der Waals surface area contributed by atoms with Gasteiger partial charge in [-0.25, -0.2) is 0 Å². The second-order valence-corrected chi connectivity index (χ2v) is 5.22. The topological polar surface area (TPSA) is 24.9 Å². The highest BCUT2D eigenvalue weighted by Crippen LogP contribution is 2.17. The summed E-state index contributed by atoms with van der Waals surface area (Å²) in [4.78, 5) is 4.31. The van der Waals surface area contributed by atoms with Crippen LogP contribution in [0.5, 0.6) is 0 Å². The third kappa shape index (κ3) is 3.93. The molecule has 1 aromatic heterocycles. The Balaban J connectivity index is 1.83. The van der Waals surface area contributed by atoms with Gasteiger partial charge in [0.15, 0.2) is 0 Å². The number of rotatable bonds is 5. The van der Waals surface area contributed by atoms with E-state index in [4.69, 9.17) is 0 Å². The summed E-state index contributed by atoms with van der Waals surface area (Å²) in [6.45, 7) is 3.12. The lowest BCUT2D eigenvalue weighted by Crippen LogP contribution is -2.21. The Morgan fingerprint density at radius 1 is 1.22 bits per heavy atom. The van der Waals surface area contributed by atoms with E-state index in [2.05, 4.69) is 57.4 Å². The maximum atomic E-state index is 4.31. The van der Waals surface area contributed by atoms with Crippen LogP contribution in [0.2, 0.25) is 0 Å². The fourth-order valence-corrected chi connectivity index (χ4v) is 2.27. The van der Waals surface area contributed by atoms with Crippen molar-refractivity contribution < 1.29 is 0 Å². The molecule has 1 heterocycles. The van der Waals surface area contributed by atoms with Gasteiger partial charge in [-0.3, -0.25) is 4.98 Å². The predicted octanol–water partition coefficient (Wildman–Crippen LogP) is 3.74. The molecular formula is C15H17BrN2. The largest absolute Gasteiger partial charge is 0.310 e. The highest BCUT2D eigenvalue weighted by Gasteiger charge is 2.04. The van der Waals surface area contributed by atoms with Gasteiger partial charge in [-0.05, 0) is 36.8 Å². The molecule has 2 rings (SSSR count). The number of benzene rings is 1. The van der Waals surface area contributed by atoms with E-state index < -0.39 is 0 Å². The van der Waals surface area contributed by atoms with E-state index in [1.165, 1.54) is 5.56 Å². The zero-order valence-electron chi connectivity index (χ0n) is 10.4. The summed E-state index contributed by atoms with van der Waals surface area (Å²) in [5, 5.41) is 3.51. The zero-order valence-corrected chi connectivity index (χ0v) is 12.0. The fraction of sp³-hybridized carbons (Fsp3) is 0.267. The van der Waals surface area contributed by atoms with E-state index in [0.29, 0.717) is 6.04 Å². The molecule has 0 spiro atoms. The van der Waals surface area contributed by atoms with Crippen LogP contribution < -0.4 is 5.32 Å². The first-order chi connectivity index (χ1) is 8.75. The first-order valence-electron chi connectivity index (χ1n) is 6.14. The van der Waals surface area contributed by atoms with Gasteiger partial charge in [0.1, 0.15) is 0 Å². The lowest BCUT2D eigenvalue weighted by Gasteiger charge is -2.14. The summed E-state index contributed by atoms with van der Waals surface area (Å²) in [6.07, 6.45) is 2.80. The normalized spacial score (nSPS) is 12.3. The van der Waals surface area contributed by atoms with Crippen LogP contribution in [0.3, 0.4) is 0 Å². The van der Waals surface area contributed by atoms with Crippen LogP contribution in [0, 0.1) is 0 Å². The van der Waals surface area contributed by atoms with Gasteiger partial charge >= 0.3 is 0 Å². The quantitative estimate of drug-likeness (QED) is 0.910. The molecule has 0 bridgehead atoms. The second kappa shape index (κ2) is 6.66. The Bertz CT molecular complexity index is 485. The number of hydrogen-bond acceptors (Lipinski definition) is 2. The molecule has 0 aliphatic heterocycles. The molecule has 0 amide bonds. The SMILES string of the molecule is CC(NCCc1ccccn1)c1cccc(Br)c1. The zero-order chi connectivity index (χ0) is 12.8. The van der Waals surface area contributed by atoms with E-state index in [1.807, 2.05) is 24.4 Å². The lowest BCUT2D eigenvalue weighted by molar-refractivity contribution is 0.574. The molecule has 1 atom stereocenters. The highest BCUT2D eigenvalue weighted by atomic mass is 79.9. The molecule has 18 heavy (non-hydrogen) atoms. The standard InChI is InChI=1S/C15H17BrN2/c1-12(13-5-4-6-14(16)11-13)17-10-8-15-7-2-3-9-18-15/h2-7,9,11-12,17H,8,10H2,1H3. The van der Waals surface area contributed by atoms with Crippen molar-refractivity contribution in [3.63, 3.8) is 0 Å². The summed E-state index contributed by atoms with van der Waals surface area (Å²) in [5.41, 5.74) is 2.43. The van der Waals surface area contributed by atoms with Crippen LogP contribution in [-0.2, 0) is 6.42 Å². The van der Waals surface area contributed by atoms with E-state index in [1.54, 1.807) is 0 Å². The summed E-state index contributed by atoms with van der Waals surface area (Å²) in [5.74, 6) is 0. The molecule has 0 saturated carbocycles. The minimum Gasteiger partial charge on any atom is -0.310 e. The predicted molar refractivity (Wildman–Crippen MR) is 78.5 cm³/mol. The van der Waals surface area contributed by atoms with Crippen LogP contribution >= 0.6 is 15.9 Å². The summed E-state index contributed by atoms with van der Waals surface area (Å²) in [6, 6.07) is 14.8. The molecule has 0 aliphatic carbocycles. The average Bonchev–Trinajstić information content (AvgIpc) is 2.40. The maximum Gasteiger partial charge on any atom is 0.0416 e.